The molecule has 0 aliphatic heterocycles. The van der Waals surface area contributed by atoms with Crippen LogP contribution in [0.25, 0.3) is 0 Å². The molecule has 0 bridgehead atoms. The number of allylic oxidation sites excluding steroid dienone is 4. The zero-order chi connectivity index (χ0) is 43.2. The van der Waals surface area contributed by atoms with Gasteiger partial charge >= 0.3 is 13.8 Å². The van der Waals surface area contributed by atoms with E-state index < -0.39 is 39.2 Å². The molecule has 3 unspecified atom stereocenters. The lowest BCUT2D eigenvalue weighted by atomic mass is 10.0. The van der Waals surface area contributed by atoms with Crippen molar-refractivity contribution in [2.45, 2.75) is 251 Å². The summed E-state index contributed by atoms with van der Waals surface area (Å²) in [5, 5.41) is 18.4. The van der Waals surface area contributed by atoms with E-state index in [1.165, 1.54) is 154 Å². The highest BCUT2D eigenvalue weighted by atomic mass is 31.2. The van der Waals surface area contributed by atoms with Gasteiger partial charge in [-0.05, 0) is 38.5 Å². The molecular weight excluding hydrogens is 764 g/mol. The molecular formula is C49H95O9P. The van der Waals surface area contributed by atoms with Crippen LogP contribution < -0.4 is 0 Å². The van der Waals surface area contributed by atoms with Crippen molar-refractivity contribution >= 4 is 13.8 Å². The van der Waals surface area contributed by atoms with E-state index in [1.807, 2.05) is 0 Å². The smallest absolute Gasteiger partial charge is 0.457 e. The molecule has 0 aromatic carbocycles. The SMILES string of the molecule is CCCC/C=C\C/C=C\CCCCCCCC(=O)OC(COCCCCCCCCCCCCCCCCCCCCCCCCCC)COP(=O)(O)OCC(O)CO. The molecule has 0 aromatic heterocycles. The van der Waals surface area contributed by atoms with Crippen LogP contribution in [0.1, 0.15) is 239 Å². The second-order valence-corrected chi connectivity index (χ2v) is 18.3. The molecule has 0 fully saturated rings. The molecule has 0 saturated heterocycles. The first-order valence-corrected chi connectivity index (χ1v) is 26.3. The molecule has 0 aliphatic rings. The van der Waals surface area contributed by atoms with Crippen molar-refractivity contribution in [1.82, 2.24) is 0 Å². The normalized spacial score (nSPS) is 14.1. The Bertz CT molecular complexity index is 975. The predicted molar refractivity (Wildman–Crippen MR) is 247 cm³/mol. The zero-order valence-corrected chi connectivity index (χ0v) is 39.4. The van der Waals surface area contributed by atoms with Crippen LogP contribution in [0.3, 0.4) is 0 Å². The third-order valence-electron chi connectivity index (χ3n) is 10.9. The molecule has 0 rings (SSSR count). The van der Waals surface area contributed by atoms with E-state index in [9.17, 15) is 19.4 Å². The first-order chi connectivity index (χ1) is 28.8. The number of phosphoric acid groups is 1. The van der Waals surface area contributed by atoms with Gasteiger partial charge in [0.2, 0.25) is 0 Å². The summed E-state index contributed by atoms with van der Waals surface area (Å²) >= 11 is 0. The third-order valence-corrected chi connectivity index (χ3v) is 11.8. The fourth-order valence-corrected chi connectivity index (χ4v) is 7.87. The largest absolute Gasteiger partial charge is 0.472 e. The summed E-state index contributed by atoms with van der Waals surface area (Å²) in [4.78, 5) is 22.6. The fraction of sp³-hybridized carbons (Fsp3) is 0.898. The minimum atomic E-state index is -4.52. The van der Waals surface area contributed by atoms with E-state index in [0.717, 1.165) is 57.8 Å². The highest BCUT2D eigenvalue weighted by Gasteiger charge is 2.26. The predicted octanol–water partition coefficient (Wildman–Crippen LogP) is 14.2. The lowest BCUT2D eigenvalue weighted by Crippen LogP contribution is -2.29. The van der Waals surface area contributed by atoms with Gasteiger partial charge in [-0.25, -0.2) is 4.57 Å². The summed E-state index contributed by atoms with van der Waals surface area (Å²) in [7, 11) is -4.52. The Kier molecular flexibility index (Phi) is 45.6. The van der Waals surface area contributed by atoms with Crippen LogP contribution in [-0.4, -0.2) is 66.3 Å². The molecule has 0 saturated carbocycles. The van der Waals surface area contributed by atoms with Crippen molar-refractivity contribution in [3.63, 3.8) is 0 Å². The number of phosphoric ester groups is 1. The van der Waals surface area contributed by atoms with Crippen molar-refractivity contribution in [3.05, 3.63) is 24.3 Å². The summed E-state index contributed by atoms with van der Waals surface area (Å²) in [6, 6.07) is 0. The number of unbranched alkanes of at least 4 members (excludes halogenated alkanes) is 30. The number of rotatable bonds is 48. The van der Waals surface area contributed by atoms with Crippen LogP contribution in [0.2, 0.25) is 0 Å². The van der Waals surface area contributed by atoms with Gasteiger partial charge in [-0.1, -0.05) is 218 Å². The molecule has 10 heteroatoms. The third kappa shape index (κ3) is 46.3. The molecule has 3 N–H and O–H groups in total. The van der Waals surface area contributed by atoms with Gasteiger partial charge in [0.25, 0.3) is 0 Å². The number of carbonyl (C=O) groups excluding carboxylic acids is 1. The second kappa shape index (κ2) is 46.4. The number of ether oxygens (including phenoxy) is 2. The van der Waals surface area contributed by atoms with Crippen molar-refractivity contribution in [2.24, 2.45) is 0 Å². The summed E-state index contributed by atoms with van der Waals surface area (Å²) in [5.74, 6) is -0.392. The van der Waals surface area contributed by atoms with Crippen molar-refractivity contribution in [1.29, 1.82) is 0 Å². The number of carbonyl (C=O) groups is 1. The second-order valence-electron chi connectivity index (χ2n) is 16.8. The topological polar surface area (TPSA) is 132 Å². The monoisotopic (exact) mass is 859 g/mol. The molecule has 0 amide bonds. The first-order valence-electron chi connectivity index (χ1n) is 24.8. The number of esters is 1. The summed E-state index contributed by atoms with van der Waals surface area (Å²) in [5.41, 5.74) is 0. The van der Waals surface area contributed by atoms with Crippen LogP contribution in [0.5, 0.6) is 0 Å². The summed E-state index contributed by atoms with van der Waals surface area (Å²) in [6.07, 6.45) is 50.1. The van der Waals surface area contributed by atoms with E-state index >= 15 is 0 Å². The number of aliphatic hydroxyl groups excluding tert-OH is 2. The van der Waals surface area contributed by atoms with Crippen molar-refractivity contribution in [2.75, 3.05) is 33.0 Å². The molecule has 0 aliphatic carbocycles. The quantitative estimate of drug-likeness (QED) is 0.0237. The van der Waals surface area contributed by atoms with Gasteiger partial charge in [0.05, 0.1) is 26.4 Å². The van der Waals surface area contributed by atoms with Gasteiger partial charge in [0.15, 0.2) is 0 Å². The average molecular weight is 859 g/mol. The van der Waals surface area contributed by atoms with E-state index in [-0.39, 0.29) is 19.6 Å². The lowest BCUT2D eigenvalue weighted by molar-refractivity contribution is -0.154. The standard InChI is InChI=1S/C49H95O9P/c1-3-5-7-9-11-13-15-17-19-20-21-22-23-24-25-26-27-28-30-32-34-36-38-40-42-55-45-48(46-57-59(53,54)56-44-47(51)43-50)58-49(52)41-39-37-35-33-31-29-18-16-14-12-10-8-6-4-2/h10,12,16,18,47-48,50-51H,3-9,11,13-15,17,19-46H2,1-2H3,(H,53,54)/b12-10-,18-16-. The molecule has 350 valence electrons. The van der Waals surface area contributed by atoms with Crippen LogP contribution >= 0.6 is 7.82 Å². The van der Waals surface area contributed by atoms with Gasteiger partial charge in [-0.2, -0.15) is 0 Å². The highest BCUT2D eigenvalue weighted by molar-refractivity contribution is 7.47. The van der Waals surface area contributed by atoms with E-state index in [4.69, 9.17) is 23.6 Å². The highest BCUT2D eigenvalue weighted by Crippen LogP contribution is 2.43. The van der Waals surface area contributed by atoms with Crippen molar-refractivity contribution < 1.29 is 43.0 Å². The fourth-order valence-electron chi connectivity index (χ4n) is 7.08. The molecule has 0 aromatic rings. The zero-order valence-electron chi connectivity index (χ0n) is 38.5. The molecule has 0 heterocycles. The molecule has 3 atom stereocenters. The number of hydrogen-bond acceptors (Lipinski definition) is 8. The summed E-state index contributed by atoms with van der Waals surface area (Å²) < 4.78 is 33.5. The minimum absolute atomic E-state index is 0.0480. The molecule has 59 heavy (non-hydrogen) atoms. The summed E-state index contributed by atoms with van der Waals surface area (Å²) in [6.45, 7) is 3.51. The Morgan fingerprint density at radius 2 is 0.932 bits per heavy atom. The van der Waals surface area contributed by atoms with E-state index in [2.05, 4.69) is 38.2 Å². The van der Waals surface area contributed by atoms with Crippen LogP contribution in [0.15, 0.2) is 24.3 Å². The van der Waals surface area contributed by atoms with Crippen LogP contribution in [-0.2, 0) is 27.9 Å². The van der Waals surface area contributed by atoms with Gasteiger partial charge in [0.1, 0.15) is 12.2 Å². The Balaban J connectivity index is 4.00. The van der Waals surface area contributed by atoms with Gasteiger partial charge < -0.3 is 24.6 Å². The maximum Gasteiger partial charge on any atom is 0.472 e. The molecule has 0 spiro atoms. The van der Waals surface area contributed by atoms with E-state index in [0.29, 0.717) is 13.0 Å². The van der Waals surface area contributed by atoms with Gasteiger partial charge in [0, 0.05) is 13.0 Å². The Morgan fingerprint density at radius 1 is 0.525 bits per heavy atom. The maximum atomic E-state index is 12.6. The van der Waals surface area contributed by atoms with Gasteiger partial charge in [-0.3, -0.25) is 13.8 Å². The lowest BCUT2D eigenvalue weighted by Gasteiger charge is -2.20. The maximum absolute atomic E-state index is 12.6. The molecule has 9 nitrogen and oxygen atoms in total. The number of hydrogen-bond donors (Lipinski definition) is 3. The van der Waals surface area contributed by atoms with Gasteiger partial charge in [-0.15, -0.1) is 0 Å². The average Bonchev–Trinajstić information content (AvgIpc) is 3.23. The van der Waals surface area contributed by atoms with E-state index in [1.54, 1.807) is 0 Å². The first kappa shape index (κ1) is 57.9. The van der Waals surface area contributed by atoms with Crippen LogP contribution in [0, 0.1) is 0 Å². The van der Waals surface area contributed by atoms with Crippen molar-refractivity contribution in [3.8, 4) is 0 Å². The Morgan fingerprint density at radius 3 is 1.41 bits per heavy atom. The Hall–Kier alpha value is -1.06. The number of aliphatic hydroxyl groups is 2. The molecule has 0 radical (unpaired) electrons. The Labute approximate surface area is 363 Å². The van der Waals surface area contributed by atoms with Crippen LogP contribution in [0.4, 0.5) is 0 Å². The minimum Gasteiger partial charge on any atom is -0.457 e.